The molecule has 1 N–H and O–H groups in total. The number of hydrogen-bond donors (Lipinski definition) is 1. The van der Waals surface area contributed by atoms with Crippen molar-refractivity contribution in [3.63, 3.8) is 0 Å². The molecular weight excluding hydrogens is 392 g/mol. The number of nitrogens with zero attached hydrogens (tertiary/aromatic N) is 1. The van der Waals surface area contributed by atoms with Gasteiger partial charge in [0.15, 0.2) is 11.5 Å². The number of hydrazone groups is 1. The molecule has 1 aliphatic rings. The van der Waals surface area contributed by atoms with Gasteiger partial charge in [0, 0.05) is 10.9 Å². The summed E-state index contributed by atoms with van der Waals surface area (Å²) in [6, 6.07) is 11.5. The van der Waals surface area contributed by atoms with E-state index in [0.29, 0.717) is 21.9 Å². The van der Waals surface area contributed by atoms with Crippen LogP contribution in [-0.2, 0) is 4.79 Å². The van der Waals surface area contributed by atoms with Crippen molar-refractivity contribution in [2.45, 2.75) is 32.1 Å². The van der Waals surface area contributed by atoms with Crippen LogP contribution in [0.1, 0.15) is 48.0 Å². The van der Waals surface area contributed by atoms with E-state index in [2.05, 4.69) is 10.5 Å². The van der Waals surface area contributed by atoms with Gasteiger partial charge >= 0.3 is 5.97 Å². The smallest absolute Gasteiger partial charge is 0.343 e. The second-order valence-corrected chi connectivity index (χ2v) is 7.31. The minimum atomic E-state index is -0.513. The number of amides is 1. The Labute approximate surface area is 174 Å². The monoisotopic (exact) mass is 414 g/mol. The summed E-state index contributed by atoms with van der Waals surface area (Å²) in [7, 11) is 1.49. The zero-order valence-corrected chi connectivity index (χ0v) is 16.9. The molecule has 2 aromatic carbocycles. The first-order chi connectivity index (χ1) is 14.1. The number of carbonyl (C=O) groups is 2. The van der Waals surface area contributed by atoms with Gasteiger partial charge in [0.25, 0.3) is 0 Å². The topological polar surface area (TPSA) is 77.0 Å². The first-order valence-electron chi connectivity index (χ1n) is 9.55. The highest BCUT2D eigenvalue weighted by atomic mass is 35.5. The molecule has 0 spiro atoms. The maximum atomic E-state index is 12.3. The van der Waals surface area contributed by atoms with E-state index >= 15 is 0 Å². The number of ether oxygens (including phenoxy) is 2. The maximum Gasteiger partial charge on any atom is 0.343 e. The Morgan fingerprint density at radius 1 is 1.07 bits per heavy atom. The molecule has 152 valence electrons. The average molecular weight is 415 g/mol. The highest BCUT2D eigenvalue weighted by Crippen LogP contribution is 2.28. The third-order valence-corrected chi connectivity index (χ3v) is 5.09. The quantitative estimate of drug-likeness (QED) is 0.324. The van der Waals surface area contributed by atoms with E-state index in [-0.39, 0.29) is 17.6 Å². The second kappa shape index (κ2) is 10.1. The number of methoxy groups -OCH3 is 1. The Morgan fingerprint density at radius 3 is 2.48 bits per heavy atom. The maximum absolute atomic E-state index is 12.3. The first kappa shape index (κ1) is 20.9. The lowest BCUT2D eigenvalue weighted by Gasteiger charge is -2.19. The van der Waals surface area contributed by atoms with Crippen LogP contribution in [0.25, 0.3) is 0 Å². The molecule has 0 aliphatic heterocycles. The largest absolute Gasteiger partial charge is 0.493 e. The number of rotatable bonds is 6. The van der Waals surface area contributed by atoms with Gasteiger partial charge in [-0.25, -0.2) is 10.2 Å². The molecule has 0 saturated heterocycles. The molecule has 1 saturated carbocycles. The standard InChI is InChI=1S/C22H23ClN2O4/c1-28-20-13-15(14-24-25-21(26)16-5-3-2-4-6-16)7-12-19(20)29-22(27)17-8-10-18(23)11-9-17/h7-14,16H,2-6H2,1H3,(H,25,26)/b24-14-. The summed E-state index contributed by atoms with van der Waals surface area (Å²) in [5.41, 5.74) is 3.69. The summed E-state index contributed by atoms with van der Waals surface area (Å²) >= 11 is 5.84. The highest BCUT2D eigenvalue weighted by Gasteiger charge is 2.20. The van der Waals surface area contributed by atoms with Crippen LogP contribution in [0.3, 0.4) is 0 Å². The van der Waals surface area contributed by atoms with Crippen molar-refractivity contribution in [2.75, 3.05) is 7.11 Å². The number of carbonyl (C=O) groups excluding carboxylic acids is 2. The Balaban J connectivity index is 1.62. The van der Waals surface area contributed by atoms with Gasteiger partial charge in [-0.1, -0.05) is 30.9 Å². The molecule has 7 heteroatoms. The van der Waals surface area contributed by atoms with Crippen LogP contribution in [0, 0.1) is 5.92 Å². The van der Waals surface area contributed by atoms with Crippen LogP contribution >= 0.6 is 11.6 Å². The average Bonchev–Trinajstić information content (AvgIpc) is 2.75. The number of hydrogen-bond acceptors (Lipinski definition) is 5. The van der Waals surface area contributed by atoms with E-state index in [1.165, 1.54) is 19.7 Å². The summed E-state index contributed by atoms with van der Waals surface area (Å²) in [6.45, 7) is 0. The van der Waals surface area contributed by atoms with Gasteiger partial charge in [0.2, 0.25) is 5.91 Å². The van der Waals surface area contributed by atoms with E-state index in [1.54, 1.807) is 42.5 Å². The van der Waals surface area contributed by atoms with Crippen molar-refractivity contribution < 1.29 is 19.1 Å². The second-order valence-electron chi connectivity index (χ2n) is 6.88. The van der Waals surface area contributed by atoms with Crippen molar-refractivity contribution in [2.24, 2.45) is 11.0 Å². The Bertz CT molecular complexity index is 890. The van der Waals surface area contributed by atoms with Crippen LogP contribution in [-0.4, -0.2) is 25.2 Å². The molecule has 0 heterocycles. The number of benzene rings is 2. The molecule has 0 bridgehead atoms. The van der Waals surface area contributed by atoms with Gasteiger partial charge in [-0.05, 0) is 60.9 Å². The fraction of sp³-hybridized carbons (Fsp3) is 0.318. The minimum Gasteiger partial charge on any atom is -0.493 e. The summed E-state index contributed by atoms with van der Waals surface area (Å²) in [5.74, 6) is 0.165. The Hall–Kier alpha value is -2.86. The lowest BCUT2D eigenvalue weighted by atomic mass is 9.89. The molecular formula is C22H23ClN2O4. The van der Waals surface area contributed by atoms with Crippen molar-refractivity contribution >= 4 is 29.7 Å². The van der Waals surface area contributed by atoms with Gasteiger partial charge in [0.05, 0.1) is 18.9 Å². The van der Waals surface area contributed by atoms with Gasteiger partial charge < -0.3 is 9.47 Å². The molecule has 0 radical (unpaired) electrons. The van der Waals surface area contributed by atoms with Gasteiger partial charge in [0.1, 0.15) is 0 Å². The van der Waals surface area contributed by atoms with E-state index in [1.807, 2.05) is 0 Å². The van der Waals surface area contributed by atoms with Crippen molar-refractivity contribution in [3.8, 4) is 11.5 Å². The molecule has 3 rings (SSSR count). The number of esters is 1. The van der Waals surface area contributed by atoms with Crippen molar-refractivity contribution in [1.82, 2.24) is 5.43 Å². The van der Waals surface area contributed by atoms with E-state index < -0.39 is 5.97 Å². The first-order valence-corrected chi connectivity index (χ1v) is 9.93. The highest BCUT2D eigenvalue weighted by molar-refractivity contribution is 6.30. The van der Waals surface area contributed by atoms with E-state index in [9.17, 15) is 9.59 Å². The van der Waals surface area contributed by atoms with E-state index in [0.717, 1.165) is 25.7 Å². The SMILES string of the molecule is COc1cc(/C=N\NC(=O)C2CCCCC2)ccc1OC(=O)c1ccc(Cl)cc1. The van der Waals surface area contributed by atoms with Crippen LogP contribution < -0.4 is 14.9 Å². The lowest BCUT2D eigenvalue weighted by Crippen LogP contribution is -2.28. The third kappa shape index (κ3) is 5.81. The third-order valence-electron chi connectivity index (χ3n) is 4.83. The predicted octanol–water partition coefficient (Wildman–Crippen LogP) is 4.60. The van der Waals surface area contributed by atoms with Crippen molar-refractivity contribution in [3.05, 3.63) is 58.6 Å². The zero-order chi connectivity index (χ0) is 20.6. The molecule has 0 unspecified atom stereocenters. The zero-order valence-electron chi connectivity index (χ0n) is 16.2. The molecule has 1 fully saturated rings. The van der Waals surface area contributed by atoms with Gasteiger partial charge in [-0.2, -0.15) is 5.10 Å². The van der Waals surface area contributed by atoms with Gasteiger partial charge in [-0.15, -0.1) is 0 Å². The Kier molecular flexibility index (Phi) is 7.25. The molecule has 2 aromatic rings. The molecule has 29 heavy (non-hydrogen) atoms. The molecule has 1 amide bonds. The number of nitrogens with one attached hydrogen (secondary N) is 1. The summed E-state index contributed by atoms with van der Waals surface area (Å²) in [4.78, 5) is 24.4. The predicted molar refractivity (Wildman–Crippen MR) is 112 cm³/mol. The number of halogens is 1. The van der Waals surface area contributed by atoms with Crippen LogP contribution in [0.15, 0.2) is 47.6 Å². The fourth-order valence-corrected chi connectivity index (χ4v) is 3.35. The molecule has 1 aliphatic carbocycles. The fourth-order valence-electron chi connectivity index (χ4n) is 3.22. The summed E-state index contributed by atoms with van der Waals surface area (Å²) < 4.78 is 10.7. The molecule has 0 aromatic heterocycles. The van der Waals surface area contributed by atoms with E-state index in [4.69, 9.17) is 21.1 Å². The van der Waals surface area contributed by atoms with Crippen LogP contribution in [0.4, 0.5) is 0 Å². The summed E-state index contributed by atoms with van der Waals surface area (Å²) in [5, 5.41) is 4.58. The van der Waals surface area contributed by atoms with Gasteiger partial charge in [-0.3, -0.25) is 4.79 Å². The molecule has 0 atom stereocenters. The van der Waals surface area contributed by atoms with Crippen LogP contribution in [0.2, 0.25) is 5.02 Å². The lowest BCUT2D eigenvalue weighted by molar-refractivity contribution is -0.125. The Morgan fingerprint density at radius 2 is 1.79 bits per heavy atom. The van der Waals surface area contributed by atoms with Crippen LogP contribution in [0.5, 0.6) is 11.5 Å². The van der Waals surface area contributed by atoms with Crippen molar-refractivity contribution in [1.29, 1.82) is 0 Å². The molecule has 6 nitrogen and oxygen atoms in total. The minimum absolute atomic E-state index is 0.0403. The summed E-state index contributed by atoms with van der Waals surface area (Å²) in [6.07, 6.45) is 6.76. The normalized spacial score (nSPS) is 14.6.